The third kappa shape index (κ3) is 3.90. The number of halogens is 3. The Labute approximate surface area is 143 Å². The van der Waals surface area contributed by atoms with E-state index in [1.54, 1.807) is 0 Å². The molecule has 1 aromatic heterocycles. The maximum atomic E-state index is 14.2. The van der Waals surface area contributed by atoms with E-state index >= 15 is 0 Å². The highest BCUT2D eigenvalue weighted by molar-refractivity contribution is 5.75. The lowest BCUT2D eigenvalue weighted by Crippen LogP contribution is -2.20. The van der Waals surface area contributed by atoms with E-state index < -0.39 is 17.5 Å². The van der Waals surface area contributed by atoms with Gasteiger partial charge in [0.25, 0.3) is 0 Å². The highest BCUT2D eigenvalue weighted by Gasteiger charge is 2.19. The molecule has 1 fully saturated rings. The van der Waals surface area contributed by atoms with Crippen molar-refractivity contribution in [2.45, 2.75) is 44.6 Å². The van der Waals surface area contributed by atoms with Crippen molar-refractivity contribution in [1.82, 2.24) is 9.97 Å². The third-order valence-corrected chi connectivity index (χ3v) is 4.38. The van der Waals surface area contributed by atoms with Gasteiger partial charge in [-0.25, -0.2) is 23.1 Å². The van der Waals surface area contributed by atoms with Gasteiger partial charge in [-0.15, -0.1) is 0 Å². The lowest BCUT2D eigenvalue weighted by atomic mass is 10.0. The van der Waals surface area contributed by atoms with Crippen LogP contribution in [-0.4, -0.2) is 16.0 Å². The summed E-state index contributed by atoms with van der Waals surface area (Å²) in [5.41, 5.74) is 0.0687. The van der Waals surface area contributed by atoms with E-state index in [4.69, 9.17) is 5.26 Å². The van der Waals surface area contributed by atoms with Gasteiger partial charge in [0.15, 0.2) is 11.6 Å². The van der Waals surface area contributed by atoms with Gasteiger partial charge in [-0.2, -0.15) is 5.26 Å². The van der Waals surface area contributed by atoms with Crippen LogP contribution in [0.4, 0.5) is 19.0 Å². The average Bonchev–Trinajstić information content (AvgIpc) is 2.87. The first-order chi connectivity index (χ1) is 12.1. The van der Waals surface area contributed by atoms with Crippen LogP contribution < -0.4 is 5.32 Å². The Hall–Kier alpha value is -2.62. The molecule has 0 amide bonds. The number of rotatable bonds is 3. The number of benzene rings is 1. The SMILES string of the molecule is N#Cc1ncc(-c2cc(F)c(F)cc2F)c(NC2CCCCCC2)n1. The fraction of sp³-hybridized carbons (Fsp3) is 0.389. The summed E-state index contributed by atoms with van der Waals surface area (Å²) in [6.45, 7) is 0. The number of nitrogens with zero attached hydrogens (tertiary/aromatic N) is 3. The van der Waals surface area contributed by atoms with Crippen LogP contribution in [0.3, 0.4) is 0 Å². The molecule has 0 aliphatic heterocycles. The maximum absolute atomic E-state index is 14.2. The van der Waals surface area contributed by atoms with Gasteiger partial charge in [0.1, 0.15) is 17.7 Å². The number of aromatic nitrogens is 2. The molecular formula is C18H17F3N4. The lowest BCUT2D eigenvalue weighted by molar-refractivity contribution is 0.496. The van der Waals surface area contributed by atoms with Gasteiger partial charge < -0.3 is 5.32 Å². The van der Waals surface area contributed by atoms with E-state index in [1.807, 2.05) is 6.07 Å². The lowest BCUT2D eigenvalue weighted by Gasteiger charge is -2.19. The van der Waals surface area contributed by atoms with E-state index in [0.717, 1.165) is 44.6 Å². The van der Waals surface area contributed by atoms with Crippen molar-refractivity contribution in [2.24, 2.45) is 0 Å². The van der Waals surface area contributed by atoms with E-state index in [0.29, 0.717) is 6.07 Å². The Kier molecular flexibility index (Phi) is 5.17. The monoisotopic (exact) mass is 346 g/mol. The molecule has 3 rings (SSSR count). The summed E-state index contributed by atoms with van der Waals surface area (Å²) in [4.78, 5) is 7.96. The number of hydrogen-bond donors (Lipinski definition) is 1. The molecule has 0 bridgehead atoms. The second kappa shape index (κ2) is 7.51. The molecular weight excluding hydrogens is 329 g/mol. The van der Waals surface area contributed by atoms with Crippen molar-refractivity contribution in [3.8, 4) is 17.2 Å². The van der Waals surface area contributed by atoms with Crippen LogP contribution in [0.25, 0.3) is 11.1 Å². The van der Waals surface area contributed by atoms with Crippen LogP contribution in [0.2, 0.25) is 0 Å². The van der Waals surface area contributed by atoms with Crippen molar-refractivity contribution in [1.29, 1.82) is 5.26 Å². The summed E-state index contributed by atoms with van der Waals surface area (Å²) >= 11 is 0. The van der Waals surface area contributed by atoms with E-state index in [1.165, 1.54) is 6.20 Å². The minimum Gasteiger partial charge on any atom is -0.367 e. The first kappa shape index (κ1) is 17.2. The summed E-state index contributed by atoms with van der Waals surface area (Å²) in [5.74, 6) is -3.11. The highest BCUT2D eigenvalue weighted by atomic mass is 19.2. The normalized spacial score (nSPS) is 15.4. The molecule has 0 saturated heterocycles. The number of hydrogen-bond acceptors (Lipinski definition) is 4. The maximum Gasteiger partial charge on any atom is 0.234 e. The van der Waals surface area contributed by atoms with Crippen LogP contribution in [-0.2, 0) is 0 Å². The summed E-state index contributed by atoms with van der Waals surface area (Å²) in [5, 5.41) is 12.3. The second-order valence-electron chi connectivity index (χ2n) is 6.15. The summed E-state index contributed by atoms with van der Waals surface area (Å²) in [6.07, 6.45) is 7.61. The zero-order valence-electron chi connectivity index (χ0n) is 13.5. The zero-order valence-corrected chi connectivity index (χ0v) is 13.5. The molecule has 0 radical (unpaired) electrons. The molecule has 7 heteroatoms. The van der Waals surface area contributed by atoms with Crippen molar-refractivity contribution < 1.29 is 13.2 Å². The Morgan fingerprint density at radius 1 is 0.960 bits per heavy atom. The fourth-order valence-corrected chi connectivity index (χ4v) is 3.09. The molecule has 4 nitrogen and oxygen atoms in total. The quantitative estimate of drug-likeness (QED) is 0.653. The Morgan fingerprint density at radius 2 is 1.64 bits per heavy atom. The first-order valence-electron chi connectivity index (χ1n) is 8.27. The molecule has 130 valence electrons. The van der Waals surface area contributed by atoms with Crippen molar-refractivity contribution >= 4 is 5.82 Å². The van der Waals surface area contributed by atoms with Gasteiger partial charge in [-0.1, -0.05) is 25.7 Å². The second-order valence-corrected chi connectivity index (χ2v) is 6.15. The summed E-state index contributed by atoms with van der Waals surface area (Å²) < 4.78 is 41.0. The number of nitriles is 1. The number of nitrogens with one attached hydrogen (secondary N) is 1. The zero-order chi connectivity index (χ0) is 17.8. The molecule has 0 unspecified atom stereocenters. The van der Waals surface area contributed by atoms with Gasteiger partial charge in [0.2, 0.25) is 5.82 Å². The standard InChI is InChI=1S/C18H17F3N4/c19-14-8-16(21)15(20)7-12(14)13-10-23-17(9-22)25-18(13)24-11-5-3-1-2-4-6-11/h7-8,10-11H,1-6H2,(H,23,24,25). The summed E-state index contributed by atoms with van der Waals surface area (Å²) in [6, 6.07) is 3.26. The highest BCUT2D eigenvalue weighted by Crippen LogP contribution is 2.31. The van der Waals surface area contributed by atoms with Crippen LogP contribution in [0, 0.1) is 28.8 Å². The molecule has 1 aliphatic rings. The van der Waals surface area contributed by atoms with E-state index in [2.05, 4.69) is 15.3 Å². The molecule has 0 atom stereocenters. The molecule has 0 spiro atoms. The van der Waals surface area contributed by atoms with Crippen LogP contribution >= 0.6 is 0 Å². The van der Waals surface area contributed by atoms with E-state index in [-0.39, 0.29) is 28.8 Å². The molecule has 2 aromatic rings. The fourth-order valence-electron chi connectivity index (χ4n) is 3.09. The van der Waals surface area contributed by atoms with Crippen molar-refractivity contribution in [2.75, 3.05) is 5.32 Å². The van der Waals surface area contributed by atoms with E-state index in [9.17, 15) is 13.2 Å². The van der Waals surface area contributed by atoms with Gasteiger partial charge >= 0.3 is 0 Å². The smallest absolute Gasteiger partial charge is 0.234 e. The van der Waals surface area contributed by atoms with Crippen LogP contribution in [0.1, 0.15) is 44.3 Å². The van der Waals surface area contributed by atoms with Gasteiger partial charge in [-0.3, -0.25) is 0 Å². The minimum atomic E-state index is -1.26. The largest absolute Gasteiger partial charge is 0.367 e. The topological polar surface area (TPSA) is 61.6 Å². The van der Waals surface area contributed by atoms with Crippen molar-refractivity contribution in [3.05, 3.63) is 41.6 Å². The van der Waals surface area contributed by atoms with Crippen molar-refractivity contribution in [3.63, 3.8) is 0 Å². The van der Waals surface area contributed by atoms with Gasteiger partial charge in [0, 0.05) is 29.4 Å². The van der Waals surface area contributed by atoms with Gasteiger partial charge in [0.05, 0.1) is 0 Å². The minimum absolute atomic E-state index is 0.0668. The Morgan fingerprint density at radius 3 is 2.32 bits per heavy atom. The molecule has 1 heterocycles. The Balaban J connectivity index is 2.01. The van der Waals surface area contributed by atoms with Crippen LogP contribution in [0.15, 0.2) is 18.3 Å². The number of anilines is 1. The molecule has 25 heavy (non-hydrogen) atoms. The first-order valence-corrected chi connectivity index (χ1v) is 8.27. The van der Waals surface area contributed by atoms with Crippen LogP contribution in [0.5, 0.6) is 0 Å². The molecule has 1 aliphatic carbocycles. The average molecular weight is 346 g/mol. The molecule has 1 saturated carbocycles. The molecule has 1 aromatic carbocycles. The Bertz CT molecular complexity index is 809. The predicted octanol–water partition coefficient (Wildman–Crippen LogP) is 4.57. The third-order valence-electron chi connectivity index (χ3n) is 4.38. The van der Waals surface area contributed by atoms with Gasteiger partial charge in [-0.05, 0) is 18.9 Å². The predicted molar refractivity (Wildman–Crippen MR) is 87.2 cm³/mol. The summed E-state index contributed by atoms with van der Waals surface area (Å²) in [7, 11) is 0. The molecule has 1 N–H and O–H groups in total.